The average molecular weight is 439 g/mol. The number of carbonyl (C=O) groups excluding carboxylic acids is 2. The molecular weight excluding hydrogens is 419 g/mol. The molecule has 0 saturated carbocycles. The molecule has 6 N–H and O–H groups in total. The van der Waals surface area contributed by atoms with Gasteiger partial charge in [0.15, 0.2) is 18.5 Å². The van der Waals surface area contributed by atoms with Crippen LogP contribution in [0.2, 0.25) is 0 Å². The molecule has 5 atom stereocenters. The number of carbonyl (C=O) groups is 2. The molecule has 0 amide bonds. The van der Waals surface area contributed by atoms with Crippen LogP contribution in [0, 0.1) is 0 Å². The maximum atomic E-state index is 12.1. The number of aromatic nitrogens is 1. The number of pyridine rings is 1. The number of thiol groups is 1. The normalized spacial score (nSPS) is 26.1. The molecule has 2 heterocycles. The third-order valence-electron chi connectivity index (χ3n) is 3.79. The first-order valence-electron chi connectivity index (χ1n) is 7.88. The van der Waals surface area contributed by atoms with Gasteiger partial charge in [0.1, 0.15) is 23.8 Å². The van der Waals surface area contributed by atoms with Crippen molar-refractivity contribution in [3.8, 4) is 0 Å². The summed E-state index contributed by atoms with van der Waals surface area (Å²) in [6.07, 6.45) is -2.80. The highest BCUT2D eigenvalue weighted by molar-refractivity contribution is 7.80. The number of rotatable bonds is 7. The summed E-state index contributed by atoms with van der Waals surface area (Å²) in [5.41, 5.74) is 5.36. The number of esters is 2. The molecule has 12 nitrogen and oxygen atoms in total. The maximum Gasteiger partial charge on any atom is 0.469 e. The lowest BCUT2D eigenvalue weighted by Gasteiger charge is -2.13. The average Bonchev–Trinajstić information content (AvgIpc) is 2.93. The molecule has 1 saturated heterocycles. The van der Waals surface area contributed by atoms with Crippen molar-refractivity contribution >= 4 is 32.4 Å². The van der Waals surface area contributed by atoms with Gasteiger partial charge in [-0.1, -0.05) is 0 Å². The van der Waals surface area contributed by atoms with Gasteiger partial charge < -0.3 is 35.2 Å². The standard InChI is InChI=1S/C14H19N2O10PS/c15-8(6-28)14(20)26-13(19)7-2-1-3-16(4-7)12-11(18)10(17)9(25-12)5-24-27(21,22)23/h1-4,8-12,17-18H,5-6,15H2,(H2-,21,22,23,28)/p+1/t8-,9+,10+,11+,12+/m0/s1. The van der Waals surface area contributed by atoms with E-state index in [-0.39, 0.29) is 11.3 Å². The molecule has 0 aromatic carbocycles. The van der Waals surface area contributed by atoms with Crippen molar-refractivity contribution in [2.24, 2.45) is 5.73 Å². The van der Waals surface area contributed by atoms with E-state index in [0.717, 1.165) is 0 Å². The predicted octanol–water partition coefficient (Wildman–Crippen LogP) is -2.36. The Labute approximate surface area is 164 Å². The molecule has 1 aromatic rings. The number of phosphoric acid groups is 1. The number of phosphoric ester groups is 1. The fourth-order valence-electron chi connectivity index (χ4n) is 2.36. The topological polar surface area (TPSA) is 190 Å². The number of hydrogen-bond donors (Lipinski definition) is 6. The Morgan fingerprint density at radius 1 is 1.36 bits per heavy atom. The first-order chi connectivity index (χ1) is 13.0. The van der Waals surface area contributed by atoms with Crippen LogP contribution in [0.15, 0.2) is 24.5 Å². The van der Waals surface area contributed by atoms with Crippen LogP contribution in [0.4, 0.5) is 0 Å². The Morgan fingerprint density at radius 3 is 2.64 bits per heavy atom. The van der Waals surface area contributed by atoms with E-state index < -0.39 is 56.9 Å². The summed E-state index contributed by atoms with van der Waals surface area (Å²) in [5, 5.41) is 20.1. The molecule has 1 aromatic heterocycles. The minimum Gasteiger partial charge on any atom is -0.388 e. The molecule has 0 bridgehead atoms. The number of nitrogens with two attached hydrogens (primary N) is 1. The highest BCUT2D eigenvalue weighted by atomic mass is 32.1. The first-order valence-corrected chi connectivity index (χ1v) is 10.0. The second-order valence-electron chi connectivity index (χ2n) is 5.87. The van der Waals surface area contributed by atoms with Crippen molar-refractivity contribution in [3.63, 3.8) is 0 Å². The van der Waals surface area contributed by atoms with Crippen molar-refractivity contribution in [1.29, 1.82) is 0 Å². The third-order valence-corrected chi connectivity index (χ3v) is 4.67. The summed E-state index contributed by atoms with van der Waals surface area (Å²) in [6.45, 7) is -0.669. The molecule has 0 aliphatic carbocycles. The van der Waals surface area contributed by atoms with Gasteiger partial charge in [-0.2, -0.15) is 17.2 Å². The van der Waals surface area contributed by atoms with E-state index in [9.17, 15) is 24.4 Å². The molecule has 0 radical (unpaired) electrons. The molecule has 28 heavy (non-hydrogen) atoms. The lowest BCUT2D eigenvalue weighted by molar-refractivity contribution is -0.765. The van der Waals surface area contributed by atoms with E-state index >= 15 is 0 Å². The third kappa shape index (κ3) is 5.80. The number of aliphatic hydroxyl groups is 2. The summed E-state index contributed by atoms with van der Waals surface area (Å²) in [6, 6.07) is 1.67. The predicted molar refractivity (Wildman–Crippen MR) is 92.8 cm³/mol. The Bertz CT molecular complexity index is 774. The van der Waals surface area contributed by atoms with Crippen molar-refractivity contribution in [3.05, 3.63) is 30.1 Å². The summed E-state index contributed by atoms with van der Waals surface area (Å²) < 4.78 is 26.3. The SMILES string of the molecule is N[C@@H](CS)C(=O)OC(=O)c1ccc[n+]([C@@H]2O[C@H](COP(=O)(O)O)[C@@H](O)[C@H]2O)c1. The molecular formula is C14H20N2O10PS+. The largest absolute Gasteiger partial charge is 0.469 e. The second-order valence-corrected chi connectivity index (χ2v) is 7.47. The Morgan fingerprint density at radius 2 is 2.04 bits per heavy atom. The molecule has 156 valence electrons. The Hall–Kier alpha value is -1.41. The highest BCUT2D eigenvalue weighted by Crippen LogP contribution is 2.37. The minimum absolute atomic E-state index is 0.0149. The molecule has 14 heteroatoms. The van der Waals surface area contributed by atoms with Crippen molar-refractivity contribution in [1.82, 2.24) is 0 Å². The van der Waals surface area contributed by atoms with Crippen LogP contribution in [0.25, 0.3) is 0 Å². The van der Waals surface area contributed by atoms with E-state index in [1.165, 1.54) is 29.1 Å². The van der Waals surface area contributed by atoms with E-state index in [0.29, 0.717) is 0 Å². The second kappa shape index (κ2) is 9.39. The van der Waals surface area contributed by atoms with Gasteiger partial charge in [0.25, 0.3) is 6.23 Å². The molecule has 0 unspecified atom stereocenters. The van der Waals surface area contributed by atoms with Gasteiger partial charge >= 0.3 is 19.8 Å². The van der Waals surface area contributed by atoms with Crippen LogP contribution in [-0.4, -0.2) is 68.7 Å². The van der Waals surface area contributed by atoms with Gasteiger partial charge in [-0.3, -0.25) is 4.52 Å². The van der Waals surface area contributed by atoms with E-state index in [2.05, 4.69) is 21.9 Å². The fourth-order valence-corrected chi connectivity index (χ4v) is 2.85. The van der Waals surface area contributed by atoms with E-state index in [1.54, 1.807) is 0 Å². The van der Waals surface area contributed by atoms with Crippen molar-refractivity contribution < 1.29 is 52.7 Å². The van der Waals surface area contributed by atoms with Crippen LogP contribution in [0.3, 0.4) is 0 Å². The first kappa shape index (κ1) is 22.9. The zero-order chi connectivity index (χ0) is 21.1. The quantitative estimate of drug-likeness (QED) is 0.0876. The van der Waals surface area contributed by atoms with Gasteiger partial charge in [0, 0.05) is 11.8 Å². The monoisotopic (exact) mass is 439 g/mol. The zero-order valence-electron chi connectivity index (χ0n) is 14.3. The van der Waals surface area contributed by atoms with Crippen LogP contribution >= 0.6 is 20.5 Å². The number of hydrogen-bond acceptors (Lipinski definition) is 10. The lowest BCUT2D eigenvalue weighted by Crippen LogP contribution is -2.46. The van der Waals surface area contributed by atoms with E-state index in [1.807, 2.05) is 0 Å². The van der Waals surface area contributed by atoms with Crippen LogP contribution in [0.1, 0.15) is 16.6 Å². The molecule has 1 aliphatic heterocycles. The Kier molecular flexibility index (Phi) is 7.67. The van der Waals surface area contributed by atoms with Crippen LogP contribution in [-0.2, 0) is 23.4 Å². The number of aliphatic hydroxyl groups excluding tert-OH is 2. The van der Waals surface area contributed by atoms with Crippen LogP contribution < -0.4 is 10.3 Å². The summed E-state index contributed by atoms with van der Waals surface area (Å²) in [7, 11) is -4.79. The summed E-state index contributed by atoms with van der Waals surface area (Å²) in [4.78, 5) is 41.1. The number of ether oxygens (including phenoxy) is 2. The van der Waals surface area contributed by atoms with Gasteiger partial charge in [0.05, 0.1) is 6.61 Å². The summed E-state index contributed by atoms with van der Waals surface area (Å²) >= 11 is 3.83. The molecule has 1 aliphatic rings. The summed E-state index contributed by atoms with van der Waals surface area (Å²) in [5.74, 6) is -1.97. The highest BCUT2D eigenvalue weighted by Gasteiger charge is 2.49. The zero-order valence-corrected chi connectivity index (χ0v) is 16.1. The maximum absolute atomic E-state index is 12.1. The van der Waals surface area contributed by atoms with Gasteiger partial charge in [-0.25, -0.2) is 14.2 Å². The molecule has 2 rings (SSSR count). The van der Waals surface area contributed by atoms with Gasteiger partial charge in [0.2, 0.25) is 0 Å². The molecule has 1 fully saturated rings. The van der Waals surface area contributed by atoms with Gasteiger partial charge in [-0.15, -0.1) is 0 Å². The minimum atomic E-state index is -4.79. The van der Waals surface area contributed by atoms with Crippen molar-refractivity contribution in [2.75, 3.05) is 12.4 Å². The number of nitrogens with zero attached hydrogens (tertiary/aromatic N) is 1. The van der Waals surface area contributed by atoms with Crippen LogP contribution in [0.5, 0.6) is 0 Å². The van der Waals surface area contributed by atoms with Gasteiger partial charge in [-0.05, 0) is 6.07 Å². The van der Waals surface area contributed by atoms with Crippen molar-refractivity contribution in [2.45, 2.75) is 30.6 Å². The Balaban J connectivity index is 2.11. The molecule has 0 spiro atoms. The smallest absolute Gasteiger partial charge is 0.388 e. The van der Waals surface area contributed by atoms with E-state index in [4.69, 9.17) is 20.3 Å². The fraction of sp³-hybridized carbons (Fsp3) is 0.500. The lowest BCUT2D eigenvalue weighted by atomic mass is 10.1.